The summed E-state index contributed by atoms with van der Waals surface area (Å²) in [6, 6.07) is -0.887. The molecule has 110 valence electrons. The number of carbonyl (C=O) groups is 2. The molecule has 0 spiro atoms. The summed E-state index contributed by atoms with van der Waals surface area (Å²) in [5.74, 6) is -0.961. The van der Waals surface area contributed by atoms with E-state index in [1.807, 2.05) is 20.8 Å². The zero-order chi connectivity index (χ0) is 15.0. The first-order chi connectivity index (χ1) is 8.43. The number of carboxylic acid groups (broad SMARTS) is 1. The van der Waals surface area contributed by atoms with Crippen molar-refractivity contribution >= 4 is 12.1 Å². The molecule has 0 aromatic carbocycles. The minimum Gasteiger partial charge on any atom is -0.480 e. The van der Waals surface area contributed by atoms with Gasteiger partial charge in [0.25, 0.3) is 0 Å². The number of carbonyl (C=O) groups excluding carboxylic acids is 1. The van der Waals surface area contributed by atoms with Gasteiger partial charge in [0.05, 0.1) is 0 Å². The quantitative estimate of drug-likeness (QED) is 0.796. The summed E-state index contributed by atoms with van der Waals surface area (Å²) in [4.78, 5) is 25.0. The van der Waals surface area contributed by atoms with Crippen LogP contribution in [-0.2, 0) is 9.53 Å². The van der Waals surface area contributed by atoms with Crippen molar-refractivity contribution in [2.75, 3.05) is 0 Å². The zero-order valence-corrected chi connectivity index (χ0v) is 12.7. The van der Waals surface area contributed by atoms with Crippen molar-refractivity contribution in [1.29, 1.82) is 0 Å². The number of hydrogen-bond acceptors (Lipinski definition) is 3. The van der Waals surface area contributed by atoms with Gasteiger partial charge in [-0.25, -0.2) is 9.59 Å². The topological polar surface area (TPSA) is 66.8 Å². The molecular weight excluding hydrogens is 246 g/mol. The van der Waals surface area contributed by atoms with Crippen LogP contribution in [0.15, 0.2) is 0 Å². The Balaban J connectivity index is 2.99. The van der Waals surface area contributed by atoms with Crippen LogP contribution < -0.4 is 0 Å². The Bertz CT molecular complexity index is 365. The fourth-order valence-electron chi connectivity index (χ4n) is 2.47. The van der Waals surface area contributed by atoms with Gasteiger partial charge in [0.15, 0.2) is 0 Å². The lowest BCUT2D eigenvalue weighted by Crippen LogP contribution is -2.51. The molecule has 1 saturated heterocycles. The highest BCUT2D eigenvalue weighted by molar-refractivity contribution is 5.81. The highest BCUT2D eigenvalue weighted by Crippen LogP contribution is 2.37. The Morgan fingerprint density at radius 3 is 2.00 bits per heavy atom. The lowest BCUT2D eigenvalue weighted by atomic mass is 9.85. The van der Waals surface area contributed by atoms with Crippen molar-refractivity contribution in [3.8, 4) is 0 Å². The van der Waals surface area contributed by atoms with Crippen LogP contribution >= 0.6 is 0 Å². The molecule has 0 aromatic rings. The molecule has 1 amide bonds. The number of ether oxygens (including phenoxy) is 1. The summed E-state index contributed by atoms with van der Waals surface area (Å²) in [6.45, 7) is 11.4. The average Bonchev–Trinajstić information content (AvgIpc) is 2.57. The van der Waals surface area contributed by atoms with Crippen LogP contribution in [0.25, 0.3) is 0 Å². The number of aliphatic carboxylic acids is 1. The molecule has 1 aliphatic rings. The van der Waals surface area contributed by atoms with Crippen molar-refractivity contribution in [3.63, 3.8) is 0 Å². The Kier molecular flexibility index (Phi) is 4.17. The molecule has 0 aliphatic carbocycles. The standard InChI is InChI=1S/C14H25NO4/c1-13(2,3)10-8-7-9(11(16)17)15(10)12(18)19-14(4,5)6/h9-10H,7-8H2,1-6H3,(H,16,17). The van der Waals surface area contributed by atoms with Crippen LogP contribution in [0.4, 0.5) is 4.79 Å². The molecule has 2 atom stereocenters. The molecule has 5 heteroatoms. The average molecular weight is 271 g/mol. The third-order valence-corrected chi connectivity index (χ3v) is 3.27. The molecule has 0 aromatic heterocycles. The maximum atomic E-state index is 12.3. The second kappa shape index (κ2) is 5.02. The molecule has 1 heterocycles. The van der Waals surface area contributed by atoms with Crippen molar-refractivity contribution in [2.24, 2.45) is 5.41 Å². The Morgan fingerprint density at radius 2 is 1.63 bits per heavy atom. The molecular formula is C14H25NO4. The monoisotopic (exact) mass is 271 g/mol. The molecule has 19 heavy (non-hydrogen) atoms. The van der Waals surface area contributed by atoms with Crippen LogP contribution in [0.5, 0.6) is 0 Å². The summed E-state index contributed by atoms with van der Waals surface area (Å²) in [5.41, 5.74) is -0.785. The van der Waals surface area contributed by atoms with Gasteiger partial charge >= 0.3 is 12.1 Å². The largest absolute Gasteiger partial charge is 0.480 e. The number of hydrogen-bond donors (Lipinski definition) is 1. The van der Waals surface area contributed by atoms with Crippen molar-refractivity contribution in [1.82, 2.24) is 4.90 Å². The van der Waals surface area contributed by atoms with E-state index in [-0.39, 0.29) is 11.5 Å². The fraction of sp³-hybridized carbons (Fsp3) is 0.857. The van der Waals surface area contributed by atoms with E-state index in [2.05, 4.69) is 0 Å². The minimum atomic E-state index is -0.961. The van der Waals surface area contributed by atoms with Gasteiger partial charge in [0.2, 0.25) is 0 Å². The Morgan fingerprint density at radius 1 is 1.11 bits per heavy atom. The molecule has 2 unspecified atom stereocenters. The van der Waals surface area contributed by atoms with Crippen LogP contribution in [0, 0.1) is 5.41 Å². The normalized spacial score (nSPS) is 24.4. The third kappa shape index (κ3) is 3.85. The van der Waals surface area contributed by atoms with Gasteiger partial charge in [-0.3, -0.25) is 4.90 Å². The number of likely N-dealkylation sites (tertiary alicyclic amines) is 1. The maximum Gasteiger partial charge on any atom is 0.411 e. The van der Waals surface area contributed by atoms with Crippen molar-refractivity contribution < 1.29 is 19.4 Å². The predicted molar refractivity (Wildman–Crippen MR) is 72.0 cm³/mol. The van der Waals surface area contributed by atoms with E-state index in [4.69, 9.17) is 4.74 Å². The van der Waals surface area contributed by atoms with Gasteiger partial charge < -0.3 is 9.84 Å². The van der Waals surface area contributed by atoms with E-state index in [1.54, 1.807) is 20.8 Å². The Labute approximate surface area is 114 Å². The van der Waals surface area contributed by atoms with Crippen LogP contribution in [0.2, 0.25) is 0 Å². The first-order valence-corrected chi connectivity index (χ1v) is 6.67. The second-order valence-electron chi connectivity index (χ2n) is 7.20. The third-order valence-electron chi connectivity index (χ3n) is 3.27. The highest BCUT2D eigenvalue weighted by Gasteiger charge is 2.47. The van der Waals surface area contributed by atoms with Gasteiger partial charge in [-0.2, -0.15) is 0 Å². The van der Waals surface area contributed by atoms with Crippen LogP contribution in [0.3, 0.4) is 0 Å². The summed E-state index contributed by atoms with van der Waals surface area (Å²) in [7, 11) is 0. The lowest BCUT2D eigenvalue weighted by molar-refractivity contribution is -0.143. The molecule has 5 nitrogen and oxygen atoms in total. The minimum absolute atomic E-state index is 0.108. The predicted octanol–water partition coefficient (Wildman–Crippen LogP) is 2.89. The smallest absolute Gasteiger partial charge is 0.411 e. The Hall–Kier alpha value is -1.26. The maximum absolute atomic E-state index is 12.3. The SMILES string of the molecule is CC(C)(C)OC(=O)N1C(C(=O)O)CCC1C(C)(C)C. The van der Waals surface area contributed by atoms with Gasteiger partial charge in [0, 0.05) is 6.04 Å². The van der Waals surface area contributed by atoms with Crippen LogP contribution in [-0.4, -0.2) is 39.8 Å². The van der Waals surface area contributed by atoms with Gasteiger partial charge in [-0.1, -0.05) is 20.8 Å². The number of carboxylic acids is 1. The first-order valence-electron chi connectivity index (χ1n) is 6.67. The summed E-state index contributed by atoms with van der Waals surface area (Å²) in [5, 5.41) is 9.26. The lowest BCUT2D eigenvalue weighted by Gasteiger charge is -2.37. The van der Waals surface area contributed by atoms with Crippen molar-refractivity contribution in [3.05, 3.63) is 0 Å². The molecule has 0 bridgehead atoms. The number of nitrogens with zero attached hydrogens (tertiary/aromatic N) is 1. The van der Waals surface area contributed by atoms with Crippen molar-refractivity contribution in [2.45, 2.75) is 72.1 Å². The highest BCUT2D eigenvalue weighted by atomic mass is 16.6. The summed E-state index contributed by atoms with van der Waals surface area (Å²) < 4.78 is 5.35. The number of amides is 1. The molecule has 1 N–H and O–H groups in total. The van der Waals surface area contributed by atoms with Gasteiger partial charge in [0.1, 0.15) is 11.6 Å². The molecule has 0 radical (unpaired) electrons. The second-order valence-corrected chi connectivity index (χ2v) is 7.20. The van der Waals surface area contributed by atoms with E-state index >= 15 is 0 Å². The van der Waals surface area contributed by atoms with Gasteiger partial charge in [-0.05, 0) is 39.0 Å². The molecule has 0 saturated carbocycles. The molecule has 1 aliphatic heterocycles. The first kappa shape index (κ1) is 15.8. The number of rotatable bonds is 1. The van der Waals surface area contributed by atoms with E-state index in [0.717, 1.165) is 0 Å². The van der Waals surface area contributed by atoms with E-state index in [0.29, 0.717) is 12.8 Å². The van der Waals surface area contributed by atoms with E-state index in [9.17, 15) is 14.7 Å². The summed E-state index contributed by atoms with van der Waals surface area (Å²) in [6.07, 6.45) is 0.647. The van der Waals surface area contributed by atoms with Gasteiger partial charge in [-0.15, -0.1) is 0 Å². The summed E-state index contributed by atoms with van der Waals surface area (Å²) >= 11 is 0. The fourth-order valence-corrected chi connectivity index (χ4v) is 2.47. The van der Waals surface area contributed by atoms with Crippen LogP contribution in [0.1, 0.15) is 54.4 Å². The van der Waals surface area contributed by atoms with E-state index < -0.39 is 23.7 Å². The molecule has 1 rings (SSSR count). The molecule has 1 fully saturated rings. The van der Waals surface area contributed by atoms with E-state index in [1.165, 1.54) is 4.90 Å². The zero-order valence-electron chi connectivity index (χ0n) is 12.7.